The number of nitrogens with one attached hydrogen (secondary N) is 3. The second-order valence-corrected chi connectivity index (χ2v) is 3.91. The molecule has 0 saturated heterocycles. The van der Waals surface area contributed by atoms with E-state index >= 15 is 0 Å². The fraction of sp³-hybridized carbons (Fsp3) is 0.0833. The third kappa shape index (κ3) is 1.95. The number of aromatic nitrogens is 4. The van der Waals surface area contributed by atoms with Gasteiger partial charge in [-0.1, -0.05) is 6.07 Å². The molecule has 0 spiro atoms. The van der Waals surface area contributed by atoms with E-state index in [-0.39, 0.29) is 12.3 Å². The van der Waals surface area contributed by atoms with Crippen LogP contribution in [0.1, 0.15) is 5.69 Å². The molecule has 0 radical (unpaired) electrons. The molecule has 0 saturated carbocycles. The van der Waals surface area contributed by atoms with Gasteiger partial charge >= 0.3 is 0 Å². The number of aromatic amines is 2. The molecule has 3 rings (SSSR count). The summed E-state index contributed by atoms with van der Waals surface area (Å²) in [5, 5.41) is 9.40. The lowest BCUT2D eigenvalue weighted by atomic mass is 10.2. The fourth-order valence-corrected chi connectivity index (χ4v) is 1.82. The molecule has 0 atom stereocenters. The van der Waals surface area contributed by atoms with Crippen molar-refractivity contribution in [3.63, 3.8) is 0 Å². The van der Waals surface area contributed by atoms with Crippen molar-refractivity contribution in [2.24, 2.45) is 0 Å². The molecule has 90 valence electrons. The highest BCUT2D eigenvalue weighted by Crippen LogP contribution is 2.19. The third-order valence-corrected chi connectivity index (χ3v) is 2.63. The monoisotopic (exact) mass is 241 g/mol. The largest absolute Gasteiger partial charge is 0.345 e. The number of carbonyl (C=O) groups is 1. The van der Waals surface area contributed by atoms with E-state index in [9.17, 15) is 4.79 Å². The van der Waals surface area contributed by atoms with E-state index in [0.717, 1.165) is 16.7 Å². The van der Waals surface area contributed by atoms with E-state index in [2.05, 4.69) is 25.5 Å². The minimum atomic E-state index is -0.102. The van der Waals surface area contributed by atoms with E-state index in [1.54, 1.807) is 18.6 Å². The number of para-hydroxylation sites is 1. The van der Waals surface area contributed by atoms with Crippen molar-refractivity contribution >= 4 is 22.6 Å². The summed E-state index contributed by atoms with van der Waals surface area (Å²) in [7, 11) is 0. The predicted octanol–water partition coefficient (Wildman–Crippen LogP) is 1.47. The standard InChI is InChI=1S/C12H11N5O/c18-11(6-8-4-5-15-17-8)16-10-3-1-2-9-12(10)14-7-13-9/h1-5,7H,6H2,(H,13,14)(H,15,17)(H,16,18). The van der Waals surface area contributed by atoms with Crippen LogP contribution in [-0.4, -0.2) is 26.1 Å². The van der Waals surface area contributed by atoms with Crippen molar-refractivity contribution in [2.75, 3.05) is 5.32 Å². The number of anilines is 1. The zero-order chi connectivity index (χ0) is 12.4. The Morgan fingerprint density at radius 3 is 3.11 bits per heavy atom. The third-order valence-electron chi connectivity index (χ3n) is 2.63. The summed E-state index contributed by atoms with van der Waals surface area (Å²) in [4.78, 5) is 19.0. The topological polar surface area (TPSA) is 86.5 Å². The molecule has 0 unspecified atom stereocenters. The number of benzene rings is 1. The zero-order valence-electron chi connectivity index (χ0n) is 9.47. The van der Waals surface area contributed by atoms with Gasteiger partial charge in [-0.15, -0.1) is 0 Å². The van der Waals surface area contributed by atoms with Gasteiger partial charge in [0.25, 0.3) is 0 Å². The summed E-state index contributed by atoms with van der Waals surface area (Å²) in [6.45, 7) is 0. The van der Waals surface area contributed by atoms with Gasteiger partial charge in [-0.2, -0.15) is 5.10 Å². The molecule has 6 nitrogen and oxygen atoms in total. The number of rotatable bonds is 3. The van der Waals surface area contributed by atoms with Crippen LogP contribution in [0.25, 0.3) is 11.0 Å². The second-order valence-electron chi connectivity index (χ2n) is 3.91. The molecule has 0 fully saturated rings. The number of hydrogen-bond acceptors (Lipinski definition) is 3. The van der Waals surface area contributed by atoms with Crippen LogP contribution in [0.3, 0.4) is 0 Å². The normalized spacial score (nSPS) is 10.7. The summed E-state index contributed by atoms with van der Waals surface area (Å²) < 4.78 is 0. The van der Waals surface area contributed by atoms with E-state index in [1.807, 2.05) is 18.2 Å². The quantitative estimate of drug-likeness (QED) is 0.649. The maximum atomic E-state index is 11.8. The van der Waals surface area contributed by atoms with Gasteiger partial charge in [-0.25, -0.2) is 4.98 Å². The number of amides is 1. The van der Waals surface area contributed by atoms with Crippen LogP contribution in [-0.2, 0) is 11.2 Å². The molecule has 3 aromatic rings. The van der Waals surface area contributed by atoms with Gasteiger partial charge in [-0.3, -0.25) is 9.89 Å². The number of imidazole rings is 1. The number of carbonyl (C=O) groups excluding carboxylic acids is 1. The molecule has 2 heterocycles. The molecule has 2 aromatic heterocycles. The molecule has 0 bridgehead atoms. The average Bonchev–Trinajstić information content (AvgIpc) is 2.99. The van der Waals surface area contributed by atoms with Gasteiger partial charge in [0.15, 0.2) is 0 Å². The summed E-state index contributed by atoms with van der Waals surface area (Å²) in [6, 6.07) is 7.38. The van der Waals surface area contributed by atoms with E-state index in [1.165, 1.54) is 0 Å². The van der Waals surface area contributed by atoms with Crippen LogP contribution in [0.2, 0.25) is 0 Å². The van der Waals surface area contributed by atoms with E-state index in [4.69, 9.17) is 0 Å². The summed E-state index contributed by atoms with van der Waals surface area (Å²) in [5.41, 5.74) is 3.14. The van der Waals surface area contributed by atoms with Gasteiger partial charge in [-0.05, 0) is 18.2 Å². The number of hydrogen-bond donors (Lipinski definition) is 3. The summed E-state index contributed by atoms with van der Waals surface area (Å²) in [6.07, 6.45) is 3.49. The Balaban J connectivity index is 1.80. The fourth-order valence-electron chi connectivity index (χ4n) is 1.82. The lowest BCUT2D eigenvalue weighted by Crippen LogP contribution is -2.14. The van der Waals surface area contributed by atoms with Gasteiger partial charge in [0, 0.05) is 11.9 Å². The Labute approximate surface area is 102 Å². The first-order valence-electron chi connectivity index (χ1n) is 5.53. The average molecular weight is 241 g/mol. The highest BCUT2D eigenvalue weighted by molar-refractivity contribution is 5.99. The van der Waals surface area contributed by atoms with Crippen molar-refractivity contribution in [1.29, 1.82) is 0 Å². The molecular formula is C12H11N5O. The summed E-state index contributed by atoms with van der Waals surface area (Å²) >= 11 is 0. The number of H-pyrrole nitrogens is 2. The Bertz CT molecular complexity index is 671. The van der Waals surface area contributed by atoms with Crippen molar-refractivity contribution in [3.8, 4) is 0 Å². The van der Waals surface area contributed by atoms with Crippen LogP contribution in [0.5, 0.6) is 0 Å². The van der Waals surface area contributed by atoms with Crippen LogP contribution < -0.4 is 5.32 Å². The van der Waals surface area contributed by atoms with Crippen molar-refractivity contribution < 1.29 is 4.79 Å². The van der Waals surface area contributed by atoms with Crippen LogP contribution in [0.4, 0.5) is 5.69 Å². The van der Waals surface area contributed by atoms with Crippen molar-refractivity contribution in [3.05, 3.63) is 42.5 Å². The maximum absolute atomic E-state index is 11.8. The molecule has 6 heteroatoms. The molecule has 1 aromatic carbocycles. The second kappa shape index (κ2) is 4.33. The Morgan fingerprint density at radius 1 is 1.33 bits per heavy atom. The van der Waals surface area contributed by atoms with Gasteiger partial charge < -0.3 is 10.3 Å². The minimum absolute atomic E-state index is 0.102. The molecule has 0 aliphatic heterocycles. The van der Waals surface area contributed by atoms with E-state index in [0.29, 0.717) is 5.69 Å². The van der Waals surface area contributed by atoms with Crippen LogP contribution in [0, 0.1) is 0 Å². The molecule has 0 aliphatic rings. The lowest BCUT2D eigenvalue weighted by Gasteiger charge is -2.04. The van der Waals surface area contributed by atoms with Crippen LogP contribution in [0.15, 0.2) is 36.8 Å². The zero-order valence-corrected chi connectivity index (χ0v) is 9.47. The minimum Gasteiger partial charge on any atom is -0.345 e. The molecule has 3 N–H and O–H groups in total. The first kappa shape index (κ1) is 10.5. The lowest BCUT2D eigenvalue weighted by molar-refractivity contribution is -0.115. The first-order valence-corrected chi connectivity index (χ1v) is 5.53. The summed E-state index contributed by atoms with van der Waals surface area (Å²) in [5.74, 6) is -0.102. The Hall–Kier alpha value is -2.63. The number of nitrogens with zero attached hydrogens (tertiary/aromatic N) is 2. The number of fused-ring (bicyclic) bond motifs is 1. The molecule has 0 aliphatic carbocycles. The smallest absolute Gasteiger partial charge is 0.230 e. The SMILES string of the molecule is O=C(Cc1ccn[nH]1)Nc1cccc2[nH]cnc12. The maximum Gasteiger partial charge on any atom is 0.230 e. The first-order chi connectivity index (χ1) is 8.83. The molecule has 1 amide bonds. The molecule has 18 heavy (non-hydrogen) atoms. The highest BCUT2D eigenvalue weighted by Gasteiger charge is 2.08. The van der Waals surface area contributed by atoms with Gasteiger partial charge in [0.1, 0.15) is 5.52 Å². The highest BCUT2D eigenvalue weighted by atomic mass is 16.1. The van der Waals surface area contributed by atoms with E-state index < -0.39 is 0 Å². The van der Waals surface area contributed by atoms with Crippen molar-refractivity contribution in [1.82, 2.24) is 20.2 Å². The van der Waals surface area contributed by atoms with Crippen molar-refractivity contribution in [2.45, 2.75) is 6.42 Å². The van der Waals surface area contributed by atoms with Gasteiger partial charge in [0.2, 0.25) is 5.91 Å². The Morgan fingerprint density at radius 2 is 2.28 bits per heavy atom. The molecular weight excluding hydrogens is 230 g/mol. The van der Waals surface area contributed by atoms with Gasteiger partial charge in [0.05, 0.1) is 24.0 Å². The Kier molecular flexibility index (Phi) is 2.53. The van der Waals surface area contributed by atoms with Crippen LogP contribution >= 0.6 is 0 Å². The predicted molar refractivity (Wildman–Crippen MR) is 67.0 cm³/mol.